The molecule has 1 heterocycles. The Morgan fingerprint density at radius 1 is 1.44 bits per heavy atom. The average Bonchev–Trinajstić information content (AvgIpc) is 2.78. The predicted molar refractivity (Wildman–Crippen MR) is 71.4 cm³/mol. The van der Waals surface area contributed by atoms with Crippen LogP contribution in [0.25, 0.3) is 0 Å². The summed E-state index contributed by atoms with van der Waals surface area (Å²) in [6, 6.07) is 5.48. The molecule has 1 aromatic heterocycles. The smallest absolute Gasteiger partial charge is 0.124 e. The van der Waals surface area contributed by atoms with Gasteiger partial charge in [-0.25, -0.2) is 4.68 Å². The standard InChI is InChI=1S/C12H13Cl2N3O/c1-8(13)11-7-17(16-15-11)6-9-5-10(14)3-4-12(9)18-2/h3-5,7-8H,6H2,1-2H3. The van der Waals surface area contributed by atoms with E-state index in [0.29, 0.717) is 11.6 Å². The minimum absolute atomic E-state index is 0.153. The summed E-state index contributed by atoms with van der Waals surface area (Å²) in [5.41, 5.74) is 1.70. The third-order valence-corrected chi connectivity index (χ3v) is 3.00. The fourth-order valence-corrected chi connectivity index (χ4v) is 1.91. The van der Waals surface area contributed by atoms with E-state index in [2.05, 4.69) is 10.3 Å². The molecule has 4 nitrogen and oxygen atoms in total. The number of benzene rings is 1. The summed E-state index contributed by atoms with van der Waals surface area (Å²) < 4.78 is 6.99. The average molecular weight is 286 g/mol. The van der Waals surface area contributed by atoms with E-state index in [-0.39, 0.29) is 5.38 Å². The number of nitrogens with zero attached hydrogens (tertiary/aromatic N) is 3. The Bertz CT molecular complexity index is 540. The molecule has 0 aliphatic carbocycles. The van der Waals surface area contributed by atoms with Gasteiger partial charge in [-0.3, -0.25) is 0 Å². The summed E-state index contributed by atoms with van der Waals surface area (Å²) in [7, 11) is 1.63. The van der Waals surface area contributed by atoms with Gasteiger partial charge in [0.15, 0.2) is 0 Å². The quantitative estimate of drug-likeness (QED) is 0.810. The third kappa shape index (κ3) is 2.94. The Kier molecular flexibility index (Phi) is 4.09. The van der Waals surface area contributed by atoms with Gasteiger partial charge in [0.2, 0.25) is 0 Å². The fourth-order valence-electron chi connectivity index (χ4n) is 1.62. The van der Waals surface area contributed by atoms with Gasteiger partial charge in [-0.15, -0.1) is 16.7 Å². The Hall–Kier alpha value is -1.26. The number of hydrogen-bond donors (Lipinski definition) is 0. The van der Waals surface area contributed by atoms with Gasteiger partial charge < -0.3 is 4.74 Å². The number of halogens is 2. The SMILES string of the molecule is COc1ccc(Cl)cc1Cn1cc(C(C)Cl)nn1. The zero-order valence-electron chi connectivity index (χ0n) is 10.1. The molecule has 0 bridgehead atoms. The summed E-state index contributed by atoms with van der Waals surface area (Å²) in [4.78, 5) is 0. The zero-order valence-corrected chi connectivity index (χ0v) is 11.6. The highest BCUT2D eigenvalue weighted by atomic mass is 35.5. The van der Waals surface area contributed by atoms with Crippen LogP contribution in [0.15, 0.2) is 24.4 Å². The maximum atomic E-state index is 5.97. The number of methoxy groups -OCH3 is 1. The van der Waals surface area contributed by atoms with Gasteiger partial charge in [0, 0.05) is 10.6 Å². The van der Waals surface area contributed by atoms with Crippen molar-refractivity contribution in [2.45, 2.75) is 18.8 Å². The van der Waals surface area contributed by atoms with Crippen LogP contribution >= 0.6 is 23.2 Å². The first-order valence-electron chi connectivity index (χ1n) is 5.46. The highest BCUT2D eigenvalue weighted by Gasteiger charge is 2.09. The van der Waals surface area contributed by atoms with Crippen molar-refractivity contribution in [3.8, 4) is 5.75 Å². The molecule has 18 heavy (non-hydrogen) atoms. The lowest BCUT2D eigenvalue weighted by Gasteiger charge is -2.08. The molecule has 0 spiro atoms. The Labute approximate surface area is 115 Å². The molecular formula is C12H13Cl2N3O. The van der Waals surface area contributed by atoms with Gasteiger partial charge in [-0.05, 0) is 25.1 Å². The zero-order chi connectivity index (χ0) is 13.1. The van der Waals surface area contributed by atoms with E-state index in [9.17, 15) is 0 Å². The van der Waals surface area contributed by atoms with Crippen LogP contribution in [0.4, 0.5) is 0 Å². The van der Waals surface area contributed by atoms with Crippen molar-refractivity contribution < 1.29 is 4.74 Å². The summed E-state index contributed by atoms with van der Waals surface area (Å²) in [5.74, 6) is 0.773. The maximum absolute atomic E-state index is 5.97. The van der Waals surface area contributed by atoms with Gasteiger partial charge in [0.25, 0.3) is 0 Å². The number of ether oxygens (including phenoxy) is 1. The lowest BCUT2D eigenvalue weighted by Crippen LogP contribution is -2.02. The second kappa shape index (κ2) is 5.59. The molecule has 0 N–H and O–H groups in total. The molecule has 0 aliphatic rings. The van der Waals surface area contributed by atoms with E-state index in [4.69, 9.17) is 27.9 Å². The number of rotatable bonds is 4. The van der Waals surface area contributed by atoms with Crippen molar-refractivity contribution in [2.75, 3.05) is 7.11 Å². The van der Waals surface area contributed by atoms with E-state index >= 15 is 0 Å². The van der Waals surface area contributed by atoms with E-state index in [0.717, 1.165) is 17.0 Å². The van der Waals surface area contributed by atoms with Crippen molar-refractivity contribution in [3.63, 3.8) is 0 Å². The molecule has 2 aromatic rings. The molecular weight excluding hydrogens is 273 g/mol. The first-order chi connectivity index (χ1) is 8.60. The van der Waals surface area contributed by atoms with E-state index in [1.807, 2.05) is 25.3 Å². The number of hydrogen-bond acceptors (Lipinski definition) is 3. The van der Waals surface area contributed by atoms with Crippen LogP contribution in [0.5, 0.6) is 5.75 Å². The van der Waals surface area contributed by atoms with E-state index in [1.165, 1.54) is 0 Å². The van der Waals surface area contributed by atoms with Gasteiger partial charge in [-0.2, -0.15) is 0 Å². The largest absolute Gasteiger partial charge is 0.496 e. The van der Waals surface area contributed by atoms with Crippen LogP contribution in [-0.2, 0) is 6.54 Å². The monoisotopic (exact) mass is 285 g/mol. The van der Waals surface area contributed by atoms with Crippen molar-refractivity contribution in [1.82, 2.24) is 15.0 Å². The van der Waals surface area contributed by atoms with Crippen molar-refractivity contribution in [2.24, 2.45) is 0 Å². The van der Waals surface area contributed by atoms with Crippen molar-refractivity contribution in [1.29, 1.82) is 0 Å². The molecule has 0 amide bonds. The summed E-state index contributed by atoms with van der Waals surface area (Å²) >= 11 is 11.9. The molecule has 6 heteroatoms. The molecule has 1 aromatic carbocycles. The Morgan fingerprint density at radius 3 is 2.83 bits per heavy atom. The lowest BCUT2D eigenvalue weighted by atomic mass is 10.2. The first-order valence-corrected chi connectivity index (χ1v) is 6.28. The van der Waals surface area contributed by atoms with Crippen molar-refractivity contribution >= 4 is 23.2 Å². The van der Waals surface area contributed by atoms with Gasteiger partial charge in [0.05, 0.1) is 25.2 Å². The van der Waals surface area contributed by atoms with Crippen LogP contribution in [-0.4, -0.2) is 22.1 Å². The van der Waals surface area contributed by atoms with Crippen LogP contribution < -0.4 is 4.74 Å². The number of alkyl halides is 1. The number of aromatic nitrogens is 3. The Morgan fingerprint density at radius 2 is 2.22 bits per heavy atom. The minimum atomic E-state index is -0.153. The molecule has 96 valence electrons. The van der Waals surface area contributed by atoms with Crippen LogP contribution in [0.1, 0.15) is 23.6 Å². The molecule has 2 rings (SSSR count). The van der Waals surface area contributed by atoms with Gasteiger partial charge in [0.1, 0.15) is 11.4 Å². The van der Waals surface area contributed by atoms with Crippen molar-refractivity contribution in [3.05, 3.63) is 40.7 Å². The highest BCUT2D eigenvalue weighted by molar-refractivity contribution is 6.30. The predicted octanol–water partition coefficient (Wildman–Crippen LogP) is 3.29. The summed E-state index contributed by atoms with van der Waals surface area (Å²) in [6.45, 7) is 2.40. The third-order valence-electron chi connectivity index (χ3n) is 2.54. The molecule has 0 saturated carbocycles. The minimum Gasteiger partial charge on any atom is -0.496 e. The molecule has 1 atom stereocenters. The van der Waals surface area contributed by atoms with Crippen LogP contribution in [0.3, 0.4) is 0 Å². The topological polar surface area (TPSA) is 39.9 Å². The van der Waals surface area contributed by atoms with Crippen LogP contribution in [0, 0.1) is 0 Å². The summed E-state index contributed by atoms with van der Waals surface area (Å²) in [6.07, 6.45) is 1.82. The van der Waals surface area contributed by atoms with Gasteiger partial charge >= 0.3 is 0 Å². The Balaban J connectivity index is 2.24. The molecule has 1 unspecified atom stereocenters. The molecule has 0 fully saturated rings. The highest BCUT2D eigenvalue weighted by Crippen LogP contribution is 2.24. The normalized spacial score (nSPS) is 12.4. The molecule has 0 radical (unpaired) electrons. The van der Waals surface area contributed by atoms with Crippen LogP contribution in [0.2, 0.25) is 5.02 Å². The van der Waals surface area contributed by atoms with E-state index in [1.54, 1.807) is 17.9 Å². The molecule has 0 saturated heterocycles. The second-order valence-corrected chi connectivity index (χ2v) is 5.00. The lowest BCUT2D eigenvalue weighted by molar-refractivity contribution is 0.407. The fraction of sp³-hybridized carbons (Fsp3) is 0.333. The molecule has 0 aliphatic heterocycles. The second-order valence-electron chi connectivity index (χ2n) is 3.91. The summed E-state index contributed by atoms with van der Waals surface area (Å²) in [5, 5.41) is 8.53. The maximum Gasteiger partial charge on any atom is 0.124 e. The van der Waals surface area contributed by atoms with E-state index < -0.39 is 0 Å². The first kappa shape index (κ1) is 13.2. The van der Waals surface area contributed by atoms with Gasteiger partial charge in [-0.1, -0.05) is 16.8 Å².